The number of fused-ring (bicyclic) bond motifs is 7. The first kappa shape index (κ1) is 95.6. The van der Waals surface area contributed by atoms with Crippen LogP contribution in [0.3, 0.4) is 0 Å². The lowest BCUT2D eigenvalue weighted by atomic mass is 9.33. The Morgan fingerprint density at radius 3 is 1.75 bits per heavy atom. The third-order valence-electron chi connectivity index (χ3n) is 29.0. The maximum absolute atomic E-state index is 16.4. The largest absolute Gasteiger partial charge is 0.452 e. The fourth-order valence-electron chi connectivity index (χ4n) is 21.1. The summed E-state index contributed by atoms with van der Waals surface area (Å²) in [5.74, 6) is -3.91. The molecule has 10 fully saturated rings. The topological polar surface area (TPSA) is 545 Å². The van der Waals surface area contributed by atoms with E-state index >= 15 is 4.79 Å². The van der Waals surface area contributed by atoms with E-state index in [1.165, 1.54) is 58.9 Å². The van der Waals surface area contributed by atoms with Crippen LogP contribution in [0.2, 0.25) is 0 Å². The van der Waals surface area contributed by atoms with Gasteiger partial charge in [0.05, 0.1) is 74.2 Å². The van der Waals surface area contributed by atoms with Crippen molar-refractivity contribution >= 4 is 17.9 Å². The predicted molar refractivity (Wildman–Crippen MR) is 411 cm³/mol. The number of hydrogen-bond acceptors (Lipinski definition) is 35. The van der Waals surface area contributed by atoms with E-state index in [4.69, 9.17) is 66.3 Å². The van der Waals surface area contributed by atoms with Gasteiger partial charge in [-0.2, -0.15) is 0 Å². The number of allylic oxidation sites excluding steroid dienone is 4. The van der Waals surface area contributed by atoms with Gasteiger partial charge in [0.15, 0.2) is 49.8 Å². The van der Waals surface area contributed by atoms with Crippen molar-refractivity contribution in [2.75, 3.05) is 33.0 Å². The van der Waals surface area contributed by atoms with E-state index in [2.05, 4.69) is 67.7 Å². The number of ether oxygens (including phenoxy) is 14. The predicted octanol–water partition coefficient (Wildman–Crippen LogP) is -0.682. The van der Waals surface area contributed by atoms with E-state index in [0.717, 1.165) is 5.57 Å². The molecule has 11 aliphatic rings. The molecule has 0 bridgehead atoms. The zero-order valence-corrected chi connectivity index (χ0v) is 70.1. The molecule has 11 rings (SSSR count). The summed E-state index contributed by atoms with van der Waals surface area (Å²) in [7, 11) is 0. The smallest absolute Gasteiger partial charge is 0.336 e. The molecule has 0 radical (unpaired) electrons. The number of aliphatic hydroxyl groups excluding tert-OH is 16. The third kappa shape index (κ3) is 18.8. The number of carbonyl (C=O) groups excluding carboxylic acids is 3. The summed E-state index contributed by atoms with van der Waals surface area (Å²) in [6.45, 7) is 26.1. The Hall–Kier alpha value is -4.05. The Morgan fingerprint density at radius 2 is 1.10 bits per heavy atom. The van der Waals surface area contributed by atoms with Crippen LogP contribution in [0.25, 0.3) is 0 Å². The van der Waals surface area contributed by atoms with Crippen LogP contribution >= 0.6 is 0 Å². The molecule has 5 aliphatic carbocycles. The Kier molecular flexibility index (Phi) is 29.8. The van der Waals surface area contributed by atoms with E-state index in [1.54, 1.807) is 0 Å². The highest BCUT2D eigenvalue weighted by Crippen LogP contribution is 2.76. The van der Waals surface area contributed by atoms with Gasteiger partial charge < -0.3 is 158 Å². The maximum atomic E-state index is 16.4. The molecule has 4 saturated carbocycles. The Balaban J connectivity index is 0.895. The summed E-state index contributed by atoms with van der Waals surface area (Å²) in [6.07, 6.45) is -39.2. The first-order valence-electron chi connectivity index (χ1n) is 41.9. The minimum Gasteiger partial charge on any atom is -0.452 e. The molecular formula is C84H132O35. The van der Waals surface area contributed by atoms with Crippen molar-refractivity contribution in [3.8, 4) is 0 Å². The molecular weight excluding hydrogens is 1570 g/mol. The Labute approximate surface area is 693 Å². The van der Waals surface area contributed by atoms with Gasteiger partial charge in [-0.25, -0.2) is 9.59 Å². The molecule has 0 aromatic rings. The van der Waals surface area contributed by atoms with E-state index in [1.807, 2.05) is 0 Å². The van der Waals surface area contributed by atoms with Gasteiger partial charge in [0.25, 0.3) is 0 Å². The SMILES string of the molecule is C=C[C@@](C)(O)CC/C=C(\C)C(=O)O[C@H]1[C@H](OC[C@@H]2O[C@H](OC(=O)[C@]34CCC(C)(C)C[C@H]3C3=CC[C@@H]5[C@]6(C)CC[C@@H](O[C@@H]7O[C@H](CO)[C@H](O)[C@@H](O)[C@@H]7O)C(C)(C)[C@@H]6CC[C@]5(C)[C@@]3(C)C[C@@H]4O)[C@H](O[C@H]3O[C@H](C)[C@@H](O[C@H]4OC[C@H](O)[C@@H](O[C@@H]5OC[C@H](O)[C@H](O)[C@H]5O)[C@H]4O)[C@@H](O)[C@@H]3O)[C@@H](O)[C@H]2O)O[C@H](C)[C@@H](O)[C@@H]1OC(=O)/C(=C/CC[C@](C)(O)C=C)CO. The van der Waals surface area contributed by atoms with E-state index < -0.39 is 279 Å². The van der Waals surface area contributed by atoms with Crippen LogP contribution in [0.15, 0.2) is 60.3 Å². The van der Waals surface area contributed by atoms with Crippen molar-refractivity contribution in [2.45, 2.75) is 362 Å². The van der Waals surface area contributed by atoms with Gasteiger partial charge in [0.1, 0.15) is 109 Å². The van der Waals surface area contributed by atoms with Crippen molar-refractivity contribution in [3.05, 3.63) is 60.3 Å². The molecule has 18 N–H and O–H groups in total. The molecule has 0 amide bonds. The lowest BCUT2D eigenvalue weighted by molar-refractivity contribution is -0.381. The molecule has 39 atom stereocenters. The van der Waals surface area contributed by atoms with Crippen LogP contribution in [0, 0.1) is 50.2 Å². The second-order valence-corrected chi connectivity index (χ2v) is 37.8. The Bertz CT molecular complexity index is 3610. The molecule has 35 nitrogen and oxygen atoms in total. The van der Waals surface area contributed by atoms with Crippen LogP contribution in [0.4, 0.5) is 0 Å². The zero-order valence-electron chi connectivity index (χ0n) is 70.1. The van der Waals surface area contributed by atoms with Gasteiger partial charge in [0, 0.05) is 5.57 Å². The van der Waals surface area contributed by atoms with Crippen LogP contribution in [0.1, 0.15) is 167 Å². The van der Waals surface area contributed by atoms with E-state index in [9.17, 15) is 102 Å². The number of esters is 3. The maximum Gasteiger partial charge on any atom is 0.336 e. The lowest BCUT2D eigenvalue weighted by Crippen LogP contribution is -2.69. The monoisotopic (exact) mass is 1700 g/mol. The quantitative estimate of drug-likeness (QED) is 0.0159. The molecule has 0 aromatic heterocycles. The molecule has 6 saturated heterocycles. The molecule has 35 heteroatoms. The van der Waals surface area contributed by atoms with Crippen molar-refractivity contribution in [2.24, 2.45) is 50.2 Å². The number of rotatable bonds is 27. The number of aliphatic hydroxyl groups is 18. The molecule has 6 heterocycles. The summed E-state index contributed by atoms with van der Waals surface area (Å²) < 4.78 is 85.4. The summed E-state index contributed by atoms with van der Waals surface area (Å²) in [6, 6.07) is 0. The van der Waals surface area contributed by atoms with Gasteiger partial charge in [-0.05, 0) is 163 Å². The summed E-state index contributed by atoms with van der Waals surface area (Å²) in [4.78, 5) is 44.7. The highest BCUT2D eigenvalue weighted by atomic mass is 16.8. The highest BCUT2D eigenvalue weighted by molar-refractivity contribution is 5.89. The molecule has 6 aliphatic heterocycles. The van der Waals surface area contributed by atoms with Gasteiger partial charge in [0.2, 0.25) is 6.29 Å². The molecule has 0 spiro atoms. The second-order valence-electron chi connectivity index (χ2n) is 37.8. The zero-order chi connectivity index (χ0) is 87.7. The van der Waals surface area contributed by atoms with Gasteiger partial charge in [-0.3, -0.25) is 4.79 Å². The van der Waals surface area contributed by atoms with Crippen LogP contribution in [-0.2, 0) is 80.7 Å². The summed E-state index contributed by atoms with van der Waals surface area (Å²) in [5, 5.41) is 202. The molecule has 0 unspecified atom stereocenters. The Morgan fingerprint density at radius 1 is 0.538 bits per heavy atom. The van der Waals surface area contributed by atoms with Crippen molar-refractivity contribution in [1.82, 2.24) is 0 Å². The third-order valence-corrected chi connectivity index (χ3v) is 29.0. The molecule has 0 aromatic carbocycles. The van der Waals surface area contributed by atoms with Crippen molar-refractivity contribution in [1.29, 1.82) is 0 Å². The molecule has 678 valence electrons. The van der Waals surface area contributed by atoms with Gasteiger partial charge in [-0.1, -0.05) is 84.4 Å². The average molecular weight is 1700 g/mol. The minimum absolute atomic E-state index is 0.00594. The average Bonchev–Trinajstić information content (AvgIpc) is 0.669. The van der Waals surface area contributed by atoms with Crippen molar-refractivity contribution in [3.63, 3.8) is 0 Å². The normalized spacial score (nSPS) is 47.2. The standard InChI is InChI=1S/C84H132O35/c1-15-79(10,104)25-17-19-38(3)68(101)115-67-65(114-69(102)41(33-85)20-18-26-80(11,105)16-2)52(90)39(4)109-74(67)108-37-47-55(93)57(95)66(118-72-61(99)58(96)63(40(5)110-72)116-71-62(100)64(45(88)36-107-71)117-70-59(97)53(91)44(87)35-106-70)75(112-47)119-76(103)84-30-29-77(6,7)31-43(84)42-21-22-49-81(12)27-24-51(113-73-60(98)56(94)54(92)46(34-86)111-73)78(8,9)48(81)23-28-82(49,13)83(42,14)32-50(84)89/h15-16,19-21,39-40,43-67,70-75,85-100,104-105H,1-2,17-18,22-37H2,3-14H3/b38-19+,41-20+/t39-,40-,43+,44+,45+,46-,47+,48+,49-,50+,51-,52-,53+,54+,55+,56-,57+,58+,59-,60+,61+,62-,63-,64-,65+,66-,67-,70+,71-,72-,73+,74-,75-,79-,80-,81-,82+,83+,84-/m1/s1. The second kappa shape index (κ2) is 37.1. The van der Waals surface area contributed by atoms with Crippen LogP contribution in [-0.4, -0.2) is 338 Å². The van der Waals surface area contributed by atoms with Crippen molar-refractivity contribution < 1.29 is 173 Å². The van der Waals surface area contributed by atoms with E-state index in [-0.39, 0.29) is 66.9 Å². The lowest BCUT2D eigenvalue weighted by Gasteiger charge is -2.71. The first-order valence-corrected chi connectivity index (χ1v) is 41.9. The number of hydrogen-bond donors (Lipinski definition) is 18. The van der Waals surface area contributed by atoms with Crippen LogP contribution in [0.5, 0.6) is 0 Å². The molecule has 119 heavy (non-hydrogen) atoms. The fourth-order valence-corrected chi connectivity index (χ4v) is 21.1. The highest BCUT2D eigenvalue weighted by Gasteiger charge is 2.73. The van der Waals surface area contributed by atoms with Gasteiger partial charge in [-0.15, -0.1) is 13.2 Å². The van der Waals surface area contributed by atoms with Crippen LogP contribution < -0.4 is 0 Å². The minimum atomic E-state index is -2.24. The number of carbonyl (C=O) groups is 3. The summed E-state index contributed by atoms with van der Waals surface area (Å²) >= 11 is 0. The van der Waals surface area contributed by atoms with E-state index in [0.29, 0.717) is 44.9 Å². The first-order chi connectivity index (χ1) is 55.6. The van der Waals surface area contributed by atoms with Gasteiger partial charge >= 0.3 is 17.9 Å². The summed E-state index contributed by atoms with van der Waals surface area (Å²) in [5.41, 5.74) is -6.46. The fraction of sp³-hybridized carbons (Fsp3) is 0.845.